The van der Waals surface area contributed by atoms with Crippen molar-refractivity contribution < 1.29 is 23.4 Å². The van der Waals surface area contributed by atoms with Gasteiger partial charge in [0.1, 0.15) is 11.6 Å². The van der Waals surface area contributed by atoms with Crippen LogP contribution in [0.15, 0.2) is 42.5 Å². The summed E-state index contributed by atoms with van der Waals surface area (Å²) in [5, 5.41) is 2.98. The first kappa shape index (κ1) is 21.3. The van der Waals surface area contributed by atoms with Crippen molar-refractivity contribution in [1.82, 2.24) is 5.32 Å². The summed E-state index contributed by atoms with van der Waals surface area (Å²) in [6, 6.07) is 12.2. The second-order valence-electron chi connectivity index (χ2n) is 7.27. The molecule has 0 aliphatic carbocycles. The molecule has 0 radical (unpaired) electrons. The highest BCUT2D eigenvalue weighted by atomic mass is 19.1. The van der Waals surface area contributed by atoms with Crippen LogP contribution in [0, 0.1) is 5.82 Å². The maximum Gasteiger partial charge on any atom is 0.252 e. The van der Waals surface area contributed by atoms with E-state index in [4.69, 9.17) is 14.2 Å². The molecule has 2 aromatic carbocycles. The normalized spacial score (nSPS) is 18.6. The van der Waals surface area contributed by atoms with Gasteiger partial charge < -0.3 is 19.5 Å². The van der Waals surface area contributed by atoms with Gasteiger partial charge in [-0.25, -0.2) is 4.39 Å². The van der Waals surface area contributed by atoms with Gasteiger partial charge in [0.05, 0.1) is 7.11 Å². The van der Waals surface area contributed by atoms with Crippen LogP contribution in [0.2, 0.25) is 0 Å². The molecule has 1 atom stereocenters. The molecule has 5 nitrogen and oxygen atoms in total. The van der Waals surface area contributed by atoms with Gasteiger partial charge in [-0.3, -0.25) is 4.79 Å². The SMILES string of the molecule is COCCCNC(=O)[C@]1(Cc2ccc(-c3cc(F)ccc3OC)cc2)CCCO1. The molecule has 2 aromatic rings. The van der Waals surface area contributed by atoms with E-state index in [-0.39, 0.29) is 11.7 Å². The second-order valence-corrected chi connectivity index (χ2v) is 7.27. The largest absolute Gasteiger partial charge is 0.496 e. The topological polar surface area (TPSA) is 56.8 Å². The molecule has 29 heavy (non-hydrogen) atoms. The summed E-state index contributed by atoms with van der Waals surface area (Å²) in [5.41, 5.74) is 1.72. The van der Waals surface area contributed by atoms with E-state index >= 15 is 0 Å². The Balaban J connectivity index is 1.73. The van der Waals surface area contributed by atoms with Crippen LogP contribution in [0.25, 0.3) is 11.1 Å². The van der Waals surface area contributed by atoms with Crippen molar-refractivity contribution in [3.63, 3.8) is 0 Å². The van der Waals surface area contributed by atoms with Crippen LogP contribution in [-0.4, -0.2) is 45.5 Å². The van der Waals surface area contributed by atoms with Gasteiger partial charge in [0, 0.05) is 38.9 Å². The zero-order valence-electron chi connectivity index (χ0n) is 17.0. The number of ether oxygens (including phenoxy) is 3. The van der Waals surface area contributed by atoms with E-state index in [0.717, 1.165) is 24.0 Å². The number of amides is 1. The van der Waals surface area contributed by atoms with E-state index in [2.05, 4.69) is 5.32 Å². The summed E-state index contributed by atoms with van der Waals surface area (Å²) in [6.45, 7) is 1.76. The molecule has 1 fully saturated rings. The second kappa shape index (κ2) is 9.85. The highest BCUT2D eigenvalue weighted by Gasteiger charge is 2.42. The van der Waals surface area contributed by atoms with Crippen molar-refractivity contribution in [3.05, 3.63) is 53.8 Å². The van der Waals surface area contributed by atoms with Crippen molar-refractivity contribution in [3.8, 4) is 16.9 Å². The van der Waals surface area contributed by atoms with Gasteiger partial charge in [-0.15, -0.1) is 0 Å². The Hall–Kier alpha value is -2.44. The number of hydrogen-bond donors (Lipinski definition) is 1. The molecule has 156 valence electrons. The Labute approximate surface area is 171 Å². The lowest BCUT2D eigenvalue weighted by Crippen LogP contribution is -2.48. The number of nitrogens with one attached hydrogen (secondary N) is 1. The average Bonchev–Trinajstić information content (AvgIpc) is 3.21. The fourth-order valence-electron chi connectivity index (χ4n) is 3.71. The number of carbonyl (C=O) groups excluding carboxylic acids is 1. The molecule has 0 aromatic heterocycles. The lowest BCUT2D eigenvalue weighted by atomic mass is 9.89. The lowest BCUT2D eigenvalue weighted by Gasteiger charge is -2.27. The number of rotatable bonds is 9. The fourth-order valence-corrected chi connectivity index (χ4v) is 3.71. The van der Waals surface area contributed by atoms with Crippen LogP contribution in [-0.2, 0) is 20.7 Å². The first-order valence-electron chi connectivity index (χ1n) is 9.92. The zero-order chi connectivity index (χ0) is 20.7. The lowest BCUT2D eigenvalue weighted by molar-refractivity contribution is -0.141. The first-order valence-corrected chi connectivity index (χ1v) is 9.92. The first-order chi connectivity index (χ1) is 14.1. The van der Waals surface area contributed by atoms with Crippen LogP contribution in [0.4, 0.5) is 4.39 Å². The van der Waals surface area contributed by atoms with Crippen LogP contribution in [0.3, 0.4) is 0 Å². The van der Waals surface area contributed by atoms with Crippen LogP contribution in [0.5, 0.6) is 5.75 Å². The molecule has 1 heterocycles. The van der Waals surface area contributed by atoms with Crippen molar-refractivity contribution in [2.45, 2.75) is 31.3 Å². The van der Waals surface area contributed by atoms with Gasteiger partial charge in [-0.2, -0.15) is 0 Å². The Morgan fingerprint density at radius 3 is 2.66 bits per heavy atom. The van der Waals surface area contributed by atoms with E-state index in [9.17, 15) is 9.18 Å². The third-order valence-electron chi connectivity index (χ3n) is 5.24. The number of carbonyl (C=O) groups is 1. The van der Waals surface area contributed by atoms with Crippen molar-refractivity contribution in [1.29, 1.82) is 0 Å². The minimum absolute atomic E-state index is 0.0676. The van der Waals surface area contributed by atoms with Crippen molar-refractivity contribution >= 4 is 5.91 Å². The maximum absolute atomic E-state index is 13.7. The van der Waals surface area contributed by atoms with Gasteiger partial charge in [0.15, 0.2) is 5.60 Å². The molecule has 1 N–H and O–H groups in total. The van der Waals surface area contributed by atoms with E-state index in [1.54, 1.807) is 20.3 Å². The monoisotopic (exact) mass is 401 g/mol. The third kappa shape index (κ3) is 5.14. The summed E-state index contributed by atoms with van der Waals surface area (Å²) in [7, 11) is 3.21. The quantitative estimate of drug-likeness (QED) is 0.651. The minimum Gasteiger partial charge on any atom is -0.496 e. The summed E-state index contributed by atoms with van der Waals surface area (Å²) >= 11 is 0. The molecular formula is C23H28FNO4. The molecule has 1 aliphatic heterocycles. The summed E-state index contributed by atoms with van der Waals surface area (Å²) < 4.78 is 30.0. The Morgan fingerprint density at radius 2 is 2.00 bits per heavy atom. The summed E-state index contributed by atoms with van der Waals surface area (Å²) in [5.74, 6) is 0.237. The van der Waals surface area contributed by atoms with Gasteiger partial charge in [0.2, 0.25) is 0 Å². The summed E-state index contributed by atoms with van der Waals surface area (Å²) in [6.07, 6.45) is 2.83. The molecule has 0 unspecified atom stereocenters. The van der Waals surface area contributed by atoms with Crippen molar-refractivity contribution in [2.75, 3.05) is 34.0 Å². The molecule has 1 saturated heterocycles. The fraction of sp³-hybridized carbons (Fsp3) is 0.435. The number of methoxy groups -OCH3 is 2. The highest BCUT2D eigenvalue weighted by Crippen LogP contribution is 2.33. The standard InChI is InChI=1S/C23H28FNO4/c1-27-13-4-12-25-22(26)23(11-3-14-29-23)16-17-5-7-18(8-6-17)20-15-19(24)9-10-21(20)28-2/h5-10,15H,3-4,11-14,16H2,1-2H3,(H,25,26)/t23-/m1/s1. The van der Waals surface area contributed by atoms with Gasteiger partial charge in [-0.1, -0.05) is 24.3 Å². The predicted molar refractivity (Wildman–Crippen MR) is 110 cm³/mol. The number of hydrogen-bond acceptors (Lipinski definition) is 4. The number of benzene rings is 2. The van der Waals surface area contributed by atoms with E-state index in [1.807, 2.05) is 24.3 Å². The molecule has 1 amide bonds. The van der Waals surface area contributed by atoms with E-state index in [0.29, 0.717) is 43.9 Å². The average molecular weight is 401 g/mol. The Kier molecular flexibility index (Phi) is 7.23. The summed E-state index contributed by atoms with van der Waals surface area (Å²) in [4.78, 5) is 12.8. The Morgan fingerprint density at radius 1 is 1.21 bits per heavy atom. The number of halogens is 1. The molecular weight excluding hydrogens is 373 g/mol. The van der Waals surface area contributed by atoms with Crippen LogP contribution >= 0.6 is 0 Å². The molecule has 0 bridgehead atoms. The molecule has 1 aliphatic rings. The molecule has 6 heteroatoms. The van der Waals surface area contributed by atoms with Gasteiger partial charge >= 0.3 is 0 Å². The minimum atomic E-state index is -0.828. The molecule has 0 spiro atoms. The van der Waals surface area contributed by atoms with Gasteiger partial charge in [-0.05, 0) is 48.6 Å². The van der Waals surface area contributed by atoms with Gasteiger partial charge in [0.25, 0.3) is 5.91 Å². The van der Waals surface area contributed by atoms with E-state index < -0.39 is 5.60 Å². The molecule has 0 saturated carbocycles. The predicted octanol–water partition coefficient (Wildman–Crippen LogP) is 3.75. The Bertz CT molecular complexity index is 816. The smallest absolute Gasteiger partial charge is 0.252 e. The van der Waals surface area contributed by atoms with Crippen LogP contribution in [0.1, 0.15) is 24.8 Å². The molecule has 3 rings (SSSR count). The highest BCUT2D eigenvalue weighted by molar-refractivity contribution is 5.86. The van der Waals surface area contributed by atoms with E-state index in [1.165, 1.54) is 12.1 Å². The zero-order valence-corrected chi connectivity index (χ0v) is 17.0. The third-order valence-corrected chi connectivity index (χ3v) is 5.24. The maximum atomic E-state index is 13.7. The van der Waals surface area contributed by atoms with Crippen LogP contribution < -0.4 is 10.1 Å². The van der Waals surface area contributed by atoms with Crippen molar-refractivity contribution in [2.24, 2.45) is 0 Å².